The number of hydrogen-bond donors (Lipinski definition) is 0. The standard InChI is InChI=1S/C17H18F3N5O3S/c1-3-9-25(29(26,27)14-8-10-24(2)22-14)11-12-4-6-13(7-5-12)15-21-16(28-23-15)17(18,19)20/h4-8,10H,3,9,11H2,1-2H3. The molecule has 156 valence electrons. The fraction of sp³-hybridized carbons (Fsp3) is 0.353. The summed E-state index contributed by atoms with van der Waals surface area (Å²) < 4.78 is 70.4. The topological polar surface area (TPSA) is 94.1 Å². The summed E-state index contributed by atoms with van der Waals surface area (Å²) >= 11 is 0. The number of alkyl halides is 3. The minimum atomic E-state index is -4.72. The van der Waals surface area contributed by atoms with Crippen molar-refractivity contribution in [3.8, 4) is 11.4 Å². The van der Waals surface area contributed by atoms with Crippen molar-refractivity contribution in [3.63, 3.8) is 0 Å². The third kappa shape index (κ3) is 4.65. The Kier molecular flexibility index (Phi) is 5.75. The van der Waals surface area contributed by atoms with Gasteiger partial charge in [-0.15, -0.1) is 0 Å². The Bertz CT molecular complexity index is 1070. The molecule has 3 rings (SSSR count). The van der Waals surface area contributed by atoms with Crippen molar-refractivity contribution in [1.29, 1.82) is 0 Å². The highest BCUT2D eigenvalue weighted by Crippen LogP contribution is 2.29. The summed E-state index contributed by atoms with van der Waals surface area (Å²) in [6, 6.07) is 7.66. The monoisotopic (exact) mass is 429 g/mol. The third-order valence-electron chi connectivity index (χ3n) is 4.01. The summed E-state index contributed by atoms with van der Waals surface area (Å²) in [5.74, 6) is -1.62. The van der Waals surface area contributed by atoms with Crippen molar-refractivity contribution in [2.24, 2.45) is 7.05 Å². The lowest BCUT2D eigenvalue weighted by Crippen LogP contribution is -2.31. The molecule has 29 heavy (non-hydrogen) atoms. The molecular weight excluding hydrogens is 411 g/mol. The van der Waals surface area contributed by atoms with Gasteiger partial charge < -0.3 is 4.52 Å². The van der Waals surface area contributed by atoms with Crippen LogP contribution in [-0.2, 0) is 29.8 Å². The van der Waals surface area contributed by atoms with Gasteiger partial charge in [-0.05, 0) is 18.1 Å². The number of aromatic nitrogens is 4. The predicted octanol–water partition coefficient (Wildman–Crippen LogP) is 3.09. The van der Waals surface area contributed by atoms with Crippen LogP contribution in [0.1, 0.15) is 24.8 Å². The van der Waals surface area contributed by atoms with Crippen LogP contribution in [0.15, 0.2) is 46.1 Å². The second-order valence-corrected chi connectivity index (χ2v) is 8.17. The van der Waals surface area contributed by atoms with Gasteiger partial charge in [0.05, 0.1) is 0 Å². The van der Waals surface area contributed by atoms with E-state index in [9.17, 15) is 21.6 Å². The van der Waals surface area contributed by atoms with Crippen LogP contribution in [0.2, 0.25) is 0 Å². The SMILES string of the molecule is CCCN(Cc1ccc(-c2noc(C(F)(F)F)n2)cc1)S(=O)(=O)c1ccn(C)n1. The molecule has 0 aliphatic heterocycles. The van der Waals surface area contributed by atoms with Crippen LogP contribution >= 0.6 is 0 Å². The molecule has 0 saturated carbocycles. The average molecular weight is 429 g/mol. The van der Waals surface area contributed by atoms with E-state index in [0.717, 1.165) is 0 Å². The van der Waals surface area contributed by atoms with Crippen molar-refractivity contribution in [1.82, 2.24) is 24.2 Å². The third-order valence-corrected chi connectivity index (χ3v) is 5.74. The Balaban J connectivity index is 1.80. The van der Waals surface area contributed by atoms with Gasteiger partial charge in [0.15, 0.2) is 5.03 Å². The first-order valence-electron chi connectivity index (χ1n) is 8.61. The summed E-state index contributed by atoms with van der Waals surface area (Å²) in [4.78, 5) is 3.33. The van der Waals surface area contributed by atoms with Crippen LogP contribution in [0, 0.1) is 0 Å². The summed E-state index contributed by atoms with van der Waals surface area (Å²) in [5, 5.41) is 7.26. The first-order valence-corrected chi connectivity index (χ1v) is 10.1. The summed E-state index contributed by atoms with van der Waals surface area (Å²) in [6.07, 6.45) is -2.56. The smallest absolute Gasteiger partial charge is 0.329 e. The Hall–Kier alpha value is -2.73. The van der Waals surface area contributed by atoms with Crippen LogP contribution < -0.4 is 0 Å². The highest BCUT2D eigenvalue weighted by molar-refractivity contribution is 7.89. The van der Waals surface area contributed by atoms with Crippen molar-refractivity contribution < 1.29 is 26.1 Å². The molecule has 0 saturated heterocycles. The Labute approximate surface area is 165 Å². The van der Waals surface area contributed by atoms with Crippen molar-refractivity contribution in [2.45, 2.75) is 31.1 Å². The Morgan fingerprint density at radius 3 is 2.38 bits per heavy atom. The number of halogens is 3. The zero-order chi connectivity index (χ0) is 21.2. The summed E-state index contributed by atoms with van der Waals surface area (Å²) in [7, 11) is -2.15. The minimum Gasteiger partial charge on any atom is -0.329 e. The number of aryl methyl sites for hydroxylation is 1. The summed E-state index contributed by atoms with van der Waals surface area (Å²) in [5.41, 5.74) is 0.976. The number of hydrogen-bond acceptors (Lipinski definition) is 6. The van der Waals surface area contributed by atoms with E-state index in [2.05, 4.69) is 19.8 Å². The van der Waals surface area contributed by atoms with Gasteiger partial charge in [0.1, 0.15) is 0 Å². The van der Waals surface area contributed by atoms with E-state index in [-0.39, 0.29) is 17.4 Å². The van der Waals surface area contributed by atoms with Crippen LogP contribution in [0.5, 0.6) is 0 Å². The molecular formula is C17H18F3N5O3S. The molecule has 8 nitrogen and oxygen atoms in total. The molecule has 12 heteroatoms. The fourth-order valence-electron chi connectivity index (χ4n) is 2.62. The highest BCUT2D eigenvalue weighted by atomic mass is 32.2. The van der Waals surface area contributed by atoms with E-state index in [1.165, 1.54) is 27.2 Å². The number of benzene rings is 1. The molecule has 0 N–H and O–H groups in total. The van der Waals surface area contributed by atoms with E-state index < -0.39 is 22.1 Å². The molecule has 0 unspecified atom stereocenters. The normalized spacial score (nSPS) is 12.6. The largest absolute Gasteiger partial charge is 0.471 e. The first kappa shape index (κ1) is 21.0. The van der Waals surface area contributed by atoms with Crippen LogP contribution in [-0.4, -0.2) is 39.2 Å². The molecule has 0 aliphatic rings. The molecule has 0 spiro atoms. The van der Waals surface area contributed by atoms with Gasteiger partial charge in [-0.3, -0.25) is 4.68 Å². The number of sulfonamides is 1. The molecule has 0 fully saturated rings. The average Bonchev–Trinajstić information content (AvgIpc) is 3.31. The van der Waals surface area contributed by atoms with E-state index in [1.807, 2.05) is 6.92 Å². The number of nitrogens with zero attached hydrogens (tertiary/aromatic N) is 5. The van der Waals surface area contributed by atoms with Gasteiger partial charge in [0, 0.05) is 31.9 Å². The molecule has 0 bridgehead atoms. The van der Waals surface area contributed by atoms with E-state index >= 15 is 0 Å². The molecule has 0 atom stereocenters. The van der Waals surface area contributed by atoms with E-state index in [1.54, 1.807) is 25.4 Å². The molecule has 1 aromatic carbocycles. The van der Waals surface area contributed by atoms with Gasteiger partial charge in [0.2, 0.25) is 5.82 Å². The van der Waals surface area contributed by atoms with E-state index in [4.69, 9.17) is 0 Å². The summed E-state index contributed by atoms with van der Waals surface area (Å²) in [6.45, 7) is 2.24. The maximum Gasteiger partial charge on any atom is 0.471 e. The molecule has 2 heterocycles. The van der Waals surface area contributed by atoms with E-state index in [0.29, 0.717) is 24.1 Å². The molecule has 3 aromatic rings. The van der Waals surface area contributed by atoms with Gasteiger partial charge in [-0.1, -0.05) is 36.3 Å². The van der Waals surface area contributed by atoms with Crippen molar-refractivity contribution in [2.75, 3.05) is 6.54 Å². The van der Waals surface area contributed by atoms with Crippen LogP contribution in [0.4, 0.5) is 13.2 Å². The maximum atomic E-state index is 12.8. The van der Waals surface area contributed by atoms with Gasteiger partial charge in [-0.25, -0.2) is 8.42 Å². The maximum absolute atomic E-state index is 12.8. The number of rotatable bonds is 7. The quantitative estimate of drug-likeness (QED) is 0.573. The molecule has 0 radical (unpaired) electrons. The van der Waals surface area contributed by atoms with Crippen LogP contribution in [0.3, 0.4) is 0 Å². The second-order valence-electron chi connectivity index (χ2n) is 6.28. The molecule has 0 amide bonds. The van der Waals surface area contributed by atoms with Crippen molar-refractivity contribution in [3.05, 3.63) is 48.0 Å². The van der Waals surface area contributed by atoms with Gasteiger partial charge >= 0.3 is 12.1 Å². The zero-order valence-corrected chi connectivity index (χ0v) is 16.4. The minimum absolute atomic E-state index is 0.0449. The lowest BCUT2D eigenvalue weighted by Gasteiger charge is -2.20. The van der Waals surface area contributed by atoms with Crippen LogP contribution in [0.25, 0.3) is 11.4 Å². The first-order chi connectivity index (χ1) is 13.6. The Morgan fingerprint density at radius 2 is 1.86 bits per heavy atom. The zero-order valence-electron chi connectivity index (χ0n) is 15.6. The van der Waals surface area contributed by atoms with Gasteiger partial charge in [0.25, 0.3) is 10.0 Å². The second kappa shape index (κ2) is 7.95. The Morgan fingerprint density at radius 1 is 1.17 bits per heavy atom. The van der Waals surface area contributed by atoms with Crippen molar-refractivity contribution >= 4 is 10.0 Å². The molecule has 0 aliphatic carbocycles. The molecule has 2 aromatic heterocycles. The predicted molar refractivity (Wildman–Crippen MR) is 95.8 cm³/mol. The fourth-order valence-corrected chi connectivity index (χ4v) is 4.09. The lowest BCUT2D eigenvalue weighted by molar-refractivity contribution is -0.159. The lowest BCUT2D eigenvalue weighted by atomic mass is 10.1. The highest BCUT2D eigenvalue weighted by Gasteiger charge is 2.38. The van der Waals surface area contributed by atoms with Gasteiger partial charge in [-0.2, -0.15) is 27.6 Å².